The Balaban J connectivity index is 0.742. The first kappa shape index (κ1) is 38.1. The fourth-order valence-electron chi connectivity index (χ4n) is 6.22. The minimum absolute atomic E-state index is 0.0604. The van der Waals surface area contributed by atoms with Gasteiger partial charge in [-0.1, -0.05) is 0 Å². The van der Waals surface area contributed by atoms with Crippen molar-refractivity contribution in [3.05, 3.63) is 84.2 Å². The molecular weight excluding hydrogens is 722 g/mol. The quantitative estimate of drug-likeness (QED) is 0.0965. The van der Waals surface area contributed by atoms with Gasteiger partial charge in [0.1, 0.15) is 29.7 Å². The molecule has 4 amide bonds. The lowest BCUT2D eigenvalue weighted by atomic mass is 10.0. The summed E-state index contributed by atoms with van der Waals surface area (Å²) in [6.45, 7) is 3.18. The van der Waals surface area contributed by atoms with Crippen LogP contribution in [0.4, 0.5) is 11.5 Å². The summed E-state index contributed by atoms with van der Waals surface area (Å²) in [5, 5.41) is 5.52. The Morgan fingerprint density at radius 2 is 1.54 bits per heavy atom. The molecule has 2 N–H and O–H groups in total. The summed E-state index contributed by atoms with van der Waals surface area (Å²) in [6.07, 6.45) is 3.72. The number of amides is 4. The predicted molar refractivity (Wildman–Crippen MR) is 204 cm³/mol. The molecule has 1 atom stereocenters. The van der Waals surface area contributed by atoms with Gasteiger partial charge in [-0.2, -0.15) is 0 Å². The lowest BCUT2D eigenvalue weighted by Crippen LogP contribution is -2.54. The highest BCUT2D eigenvalue weighted by atomic mass is 16.6. The normalized spacial score (nSPS) is 15.3. The number of fused-ring (bicyclic) bond motifs is 2. The Morgan fingerprint density at radius 1 is 0.804 bits per heavy atom. The van der Waals surface area contributed by atoms with Gasteiger partial charge in [0, 0.05) is 56.8 Å². The molecule has 5 aromatic rings. The second kappa shape index (κ2) is 17.5. The highest BCUT2D eigenvalue weighted by Gasteiger charge is 2.44. The van der Waals surface area contributed by atoms with Gasteiger partial charge >= 0.3 is 0 Å². The molecule has 2 aromatic carbocycles. The molecule has 2 aliphatic rings. The summed E-state index contributed by atoms with van der Waals surface area (Å²) in [5.41, 5.74) is 5.18. The van der Waals surface area contributed by atoms with Gasteiger partial charge in [-0.05, 0) is 61.0 Å². The van der Waals surface area contributed by atoms with Crippen LogP contribution in [0.15, 0.2) is 77.5 Å². The molecule has 1 unspecified atom stereocenters. The maximum absolute atomic E-state index is 13.0. The summed E-state index contributed by atoms with van der Waals surface area (Å²) >= 11 is 0. The van der Waals surface area contributed by atoms with E-state index in [1.807, 2.05) is 67.7 Å². The first-order chi connectivity index (χ1) is 27.2. The number of anilines is 2. The van der Waals surface area contributed by atoms with Crippen LogP contribution in [0, 0.1) is 0 Å². The van der Waals surface area contributed by atoms with Crippen molar-refractivity contribution in [3.8, 4) is 28.5 Å². The van der Waals surface area contributed by atoms with Crippen LogP contribution in [0.2, 0.25) is 0 Å². The van der Waals surface area contributed by atoms with E-state index in [4.69, 9.17) is 23.4 Å². The molecule has 0 radical (unpaired) electrons. The van der Waals surface area contributed by atoms with E-state index in [1.54, 1.807) is 12.3 Å². The highest BCUT2D eigenvalue weighted by molar-refractivity contribution is 6.23. The van der Waals surface area contributed by atoms with E-state index < -0.39 is 29.7 Å². The van der Waals surface area contributed by atoms with Crippen molar-refractivity contribution in [3.63, 3.8) is 0 Å². The number of pyridine rings is 2. The van der Waals surface area contributed by atoms with Crippen LogP contribution in [0.1, 0.15) is 33.6 Å². The second-order valence-corrected chi connectivity index (χ2v) is 13.2. The maximum atomic E-state index is 13.0. The third kappa shape index (κ3) is 8.83. The smallest absolute Gasteiger partial charge is 0.262 e. The van der Waals surface area contributed by atoms with Crippen LogP contribution in [0.5, 0.6) is 5.75 Å². The SMILES string of the molecule is CN(C)c1ccc(-c2ccc(-c3nc4ccc(NCCOCCOCCOCCOc5ccc6c(c5)C(=O)N(C5CCC(=O)NC5=O)C6=O)cc4o3)cn2)cn1. The number of hydrogen-bond acceptors (Lipinski definition) is 14. The number of ether oxygens (including phenoxy) is 4. The lowest BCUT2D eigenvalue weighted by molar-refractivity contribution is -0.136. The molecule has 5 heterocycles. The molecule has 0 bridgehead atoms. The van der Waals surface area contributed by atoms with Gasteiger partial charge in [0.25, 0.3) is 11.8 Å². The number of oxazole rings is 1. The minimum Gasteiger partial charge on any atom is -0.491 e. The fraction of sp³-hybridized carbons (Fsp3) is 0.325. The molecule has 0 saturated carbocycles. The molecule has 16 heteroatoms. The Kier molecular flexibility index (Phi) is 11.9. The van der Waals surface area contributed by atoms with E-state index in [-0.39, 0.29) is 37.2 Å². The van der Waals surface area contributed by atoms with Gasteiger partial charge in [-0.25, -0.2) is 9.97 Å². The highest BCUT2D eigenvalue weighted by Crippen LogP contribution is 2.31. The van der Waals surface area contributed by atoms with Gasteiger partial charge in [-0.15, -0.1) is 0 Å². The summed E-state index contributed by atoms with van der Waals surface area (Å²) < 4.78 is 28.6. The van der Waals surface area contributed by atoms with Gasteiger partial charge in [0.15, 0.2) is 5.58 Å². The van der Waals surface area contributed by atoms with E-state index in [0.717, 1.165) is 38.7 Å². The molecule has 7 rings (SSSR count). The zero-order valence-electron chi connectivity index (χ0n) is 31.0. The molecule has 0 aliphatic carbocycles. The van der Waals surface area contributed by atoms with Crippen molar-refractivity contribution in [2.75, 3.05) is 77.1 Å². The first-order valence-corrected chi connectivity index (χ1v) is 18.2. The summed E-state index contributed by atoms with van der Waals surface area (Å²) in [6, 6.07) is 17.1. The molecule has 16 nitrogen and oxygen atoms in total. The number of hydrogen-bond donors (Lipinski definition) is 2. The van der Waals surface area contributed by atoms with Crippen LogP contribution in [0.25, 0.3) is 33.8 Å². The van der Waals surface area contributed by atoms with Gasteiger partial charge < -0.3 is 33.6 Å². The number of aromatic nitrogens is 3. The van der Waals surface area contributed by atoms with Crippen LogP contribution in [0.3, 0.4) is 0 Å². The van der Waals surface area contributed by atoms with E-state index in [1.165, 1.54) is 12.1 Å². The van der Waals surface area contributed by atoms with Crippen molar-refractivity contribution in [2.24, 2.45) is 0 Å². The van der Waals surface area contributed by atoms with Crippen LogP contribution in [-0.2, 0) is 23.8 Å². The summed E-state index contributed by atoms with van der Waals surface area (Å²) in [7, 11) is 3.90. The molecule has 1 saturated heterocycles. The van der Waals surface area contributed by atoms with Crippen molar-refractivity contribution in [1.82, 2.24) is 25.2 Å². The third-order valence-electron chi connectivity index (χ3n) is 9.13. The molecule has 1 fully saturated rings. The fourth-order valence-corrected chi connectivity index (χ4v) is 6.22. The predicted octanol–water partition coefficient (Wildman–Crippen LogP) is 3.96. The van der Waals surface area contributed by atoms with E-state index in [9.17, 15) is 19.2 Å². The van der Waals surface area contributed by atoms with E-state index >= 15 is 0 Å². The standard InChI is InChI=1S/C40H41N7O9/c1-46(2)35-11-4-25(23-43-35)31-8-3-26(24-42-31)38-44-32-9-5-27(21-34(32)56-38)41-13-14-52-15-16-53-17-18-54-19-20-55-28-6-7-29-30(22-28)40(51)47(39(29)50)33-10-12-36(48)45-37(33)49/h3-9,11,21-24,33,41H,10,12-20H2,1-2H3,(H,45,48,49). The molecule has 2 aliphatic heterocycles. The number of carbonyl (C=O) groups is 4. The van der Waals surface area contributed by atoms with Gasteiger partial charge in [0.2, 0.25) is 17.7 Å². The monoisotopic (exact) mass is 763 g/mol. The largest absolute Gasteiger partial charge is 0.491 e. The van der Waals surface area contributed by atoms with Gasteiger partial charge in [-0.3, -0.25) is 34.4 Å². The van der Waals surface area contributed by atoms with E-state index in [0.29, 0.717) is 56.8 Å². The molecule has 290 valence electrons. The Bertz CT molecular complexity index is 2210. The average Bonchev–Trinajstić information content (AvgIpc) is 3.74. The topological polar surface area (TPSA) is 188 Å². The number of carbonyl (C=O) groups excluding carboxylic acids is 4. The molecule has 56 heavy (non-hydrogen) atoms. The zero-order valence-corrected chi connectivity index (χ0v) is 31.0. The van der Waals surface area contributed by atoms with Crippen LogP contribution >= 0.6 is 0 Å². The second-order valence-electron chi connectivity index (χ2n) is 13.2. The number of imide groups is 2. The third-order valence-corrected chi connectivity index (χ3v) is 9.13. The van der Waals surface area contributed by atoms with Crippen LogP contribution in [-0.4, -0.2) is 116 Å². The minimum atomic E-state index is -1.02. The number of piperidine rings is 1. The lowest BCUT2D eigenvalue weighted by Gasteiger charge is -2.27. The first-order valence-electron chi connectivity index (χ1n) is 18.2. The Morgan fingerprint density at radius 3 is 2.25 bits per heavy atom. The maximum Gasteiger partial charge on any atom is 0.262 e. The Hall–Kier alpha value is -6.23. The van der Waals surface area contributed by atoms with Crippen molar-refractivity contribution < 1.29 is 42.5 Å². The molecule has 3 aromatic heterocycles. The molecular formula is C40H41N7O9. The van der Waals surface area contributed by atoms with Crippen molar-refractivity contribution in [1.29, 1.82) is 0 Å². The number of benzene rings is 2. The van der Waals surface area contributed by atoms with E-state index in [2.05, 4.69) is 25.6 Å². The molecule has 0 spiro atoms. The zero-order chi connectivity index (χ0) is 39.0. The summed E-state index contributed by atoms with van der Waals surface area (Å²) in [4.78, 5) is 66.1. The number of nitrogens with one attached hydrogen (secondary N) is 2. The van der Waals surface area contributed by atoms with Crippen molar-refractivity contribution in [2.45, 2.75) is 18.9 Å². The average molecular weight is 764 g/mol. The number of nitrogens with zero attached hydrogens (tertiary/aromatic N) is 5. The number of rotatable bonds is 18. The van der Waals surface area contributed by atoms with Crippen molar-refractivity contribution >= 4 is 46.2 Å². The van der Waals surface area contributed by atoms with Crippen LogP contribution < -0.4 is 20.3 Å². The van der Waals surface area contributed by atoms with Gasteiger partial charge in [0.05, 0.1) is 62.0 Å². The Labute approximate surface area is 322 Å². The summed E-state index contributed by atoms with van der Waals surface area (Å²) in [5.74, 6) is -0.454.